The van der Waals surface area contributed by atoms with Gasteiger partial charge in [0.2, 0.25) is 0 Å². The highest BCUT2D eigenvalue weighted by molar-refractivity contribution is 7.18. The molecule has 142 valence electrons. The molecular weight excluding hydrogens is 364 g/mol. The molecule has 0 bridgehead atoms. The predicted molar refractivity (Wildman–Crippen MR) is 106 cm³/mol. The normalized spacial score (nSPS) is 11.0. The first-order valence-corrected chi connectivity index (χ1v) is 9.48. The Bertz CT molecular complexity index is 1030. The van der Waals surface area contributed by atoms with Gasteiger partial charge < -0.3 is 9.47 Å². The van der Waals surface area contributed by atoms with Crippen LogP contribution in [0.3, 0.4) is 0 Å². The molecule has 3 rings (SSSR count). The number of aromatic nitrogens is 2. The molecule has 0 aliphatic heterocycles. The van der Waals surface area contributed by atoms with E-state index in [9.17, 15) is 9.59 Å². The van der Waals surface area contributed by atoms with E-state index >= 15 is 0 Å². The summed E-state index contributed by atoms with van der Waals surface area (Å²) in [6.07, 6.45) is 1.40. The number of thiophene rings is 1. The van der Waals surface area contributed by atoms with Gasteiger partial charge in [-0.2, -0.15) is 0 Å². The van der Waals surface area contributed by atoms with E-state index in [1.807, 2.05) is 39.8 Å². The average Bonchev–Trinajstić information content (AvgIpc) is 2.88. The van der Waals surface area contributed by atoms with Gasteiger partial charge in [-0.3, -0.25) is 14.2 Å². The lowest BCUT2D eigenvalue weighted by Gasteiger charge is -2.09. The summed E-state index contributed by atoms with van der Waals surface area (Å²) in [5.74, 6) is 0.254. The lowest BCUT2D eigenvalue weighted by Crippen LogP contribution is -2.26. The van der Waals surface area contributed by atoms with E-state index < -0.39 is 5.97 Å². The van der Waals surface area contributed by atoms with Crippen LogP contribution in [0, 0.1) is 27.7 Å². The first-order chi connectivity index (χ1) is 12.8. The van der Waals surface area contributed by atoms with E-state index in [2.05, 4.69) is 11.1 Å². The molecule has 0 spiro atoms. The fourth-order valence-corrected chi connectivity index (χ4v) is 3.89. The Balaban J connectivity index is 1.56. The van der Waals surface area contributed by atoms with Crippen molar-refractivity contribution in [1.29, 1.82) is 0 Å². The van der Waals surface area contributed by atoms with Gasteiger partial charge >= 0.3 is 5.97 Å². The first kappa shape index (κ1) is 19.1. The number of hydrogen-bond donors (Lipinski definition) is 0. The molecule has 2 heterocycles. The molecule has 7 heteroatoms. The maximum Gasteiger partial charge on any atom is 0.326 e. The maximum atomic E-state index is 12.6. The van der Waals surface area contributed by atoms with Crippen LogP contribution in [0.25, 0.3) is 10.2 Å². The van der Waals surface area contributed by atoms with Crippen molar-refractivity contribution >= 4 is 27.5 Å². The minimum Gasteiger partial charge on any atom is -0.490 e. The highest BCUT2D eigenvalue weighted by atomic mass is 32.1. The van der Waals surface area contributed by atoms with Crippen LogP contribution in [-0.4, -0.2) is 28.7 Å². The molecule has 2 aromatic heterocycles. The van der Waals surface area contributed by atoms with Crippen LogP contribution in [0.15, 0.2) is 29.3 Å². The van der Waals surface area contributed by atoms with Crippen LogP contribution >= 0.6 is 11.3 Å². The van der Waals surface area contributed by atoms with Crippen molar-refractivity contribution in [2.45, 2.75) is 34.2 Å². The summed E-state index contributed by atoms with van der Waals surface area (Å²) >= 11 is 1.48. The van der Waals surface area contributed by atoms with Gasteiger partial charge in [-0.05, 0) is 56.5 Å². The van der Waals surface area contributed by atoms with Crippen LogP contribution in [0.1, 0.15) is 21.6 Å². The van der Waals surface area contributed by atoms with Crippen molar-refractivity contribution in [1.82, 2.24) is 9.55 Å². The van der Waals surface area contributed by atoms with Crippen molar-refractivity contribution < 1.29 is 14.3 Å². The van der Waals surface area contributed by atoms with E-state index in [1.165, 1.54) is 22.2 Å². The summed E-state index contributed by atoms with van der Waals surface area (Å²) in [7, 11) is 0. The molecule has 27 heavy (non-hydrogen) atoms. The molecule has 6 nitrogen and oxygen atoms in total. The van der Waals surface area contributed by atoms with E-state index in [0.717, 1.165) is 27.3 Å². The van der Waals surface area contributed by atoms with Crippen LogP contribution in [0.4, 0.5) is 0 Å². The number of hydrogen-bond acceptors (Lipinski definition) is 6. The molecule has 0 aliphatic carbocycles. The fourth-order valence-electron chi connectivity index (χ4n) is 2.90. The Morgan fingerprint density at radius 3 is 2.52 bits per heavy atom. The van der Waals surface area contributed by atoms with E-state index in [-0.39, 0.29) is 25.3 Å². The number of esters is 1. The molecule has 0 aliphatic rings. The second-order valence-corrected chi connectivity index (χ2v) is 7.74. The van der Waals surface area contributed by atoms with E-state index in [4.69, 9.17) is 9.47 Å². The van der Waals surface area contributed by atoms with Gasteiger partial charge in [-0.15, -0.1) is 11.3 Å². The van der Waals surface area contributed by atoms with Crippen molar-refractivity contribution in [2.24, 2.45) is 0 Å². The van der Waals surface area contributed by atoms with E-state index in [0.29, 0.717) is 10.2 Å². The number of fused-ring (bicyclic) bond motifs is 1. The van der Waals surface area contributed by atoms with Gasteiger partial charge in [0.05, 0.1) is 11.7 Å². The van der Waals surface area contributed by atoms with Gasteiger partial charge in [0.25, 0.3) is 5.56 Å². The number of carbonyl (C=O) groups excluding carboxylic acids is 1. The zero-order chi connectivity index (χ0) is 19.6. The quantitative estimate of drug-likeness (QED) is 0.480. The summed E-state index contributed by atoms with van der Waals surface area (Å²) in [6.45, 7) is 8.05. The largest absolute Gasteiger partial charge is 0.490 e. The Morgan fingerprint density at radius 1 is 1.11 bits per heavy atom. The monoisotopic (exact) mass is 386 g/mol. The molecule has 0 atom stereocenters. The summed E-state index contributed by atoms with van der Waals surface area (Å²) in [4.78, 5) is 30.7. The SMILES string of the molecule is Cc1cc(C)cc(OCCOC(=O)Cn2cnc3sc(C)c(C)c3c2=O)c1. The standard InChI is InChI=1S/C20H22N2O4S/c1-12-7-13(2)9-16(8-12)25-5-6-26-17(23)10-22-11-21-19-18(20(22)24)14(3)15(4)27-19/h7-9,11H,5-6,10H2,1-4H3. The molecule has 0 fully saturated rings. The molecule has 0 unspecified atom stereocenters. The number of rotatable bonds is 6. The Hall–Kier alpha value is -2.67. The average molecular weight is 386 g/mol. The topological polar surface area (TPSA) is 70.4 Å². The van der Waals surface area contributed by atoms with Crippen molar-refractivity contribution in [3.8, 4) is 5.75 Å². The van der Waals surface area contributed by atoms with E-state index in [1.54, 1.807) is 0 Å². The summed E-state index contributed by atoms with van der Waals surface area (Å²) in [5.41, 5.74) is 2.92. The van der Waals surface area contributed by atoms with Crippen LogP contribution in [0.5, 0.6) is 5.75 Å². The van der Waals surface area contributed by atoms with Gasteiger partial charge in [-0.1, -0.05) is 6.07 Å². The van der Waals surface area contributed by atoms with Crippen molar-refractivity contribution in [2.75, 3.05) is 13.2 Å². The first-order valence-electron chi connectivity index (χ1n) is 8.67. The highest BCUT2D eigenvalue weighted by Crippen LogP contribution is 2.25. The molecule has 1 aromatic carbocycles. The van der Waals surface area contributed by atoms with Crippen LogP contribution < -0.4 is 10.3 Å². The molecule has 0 N–H and O–H groups in total. The zero-order valence-electron chi connectivity index (χ0n) is 15.9. The minimum absolute atomic E-state index is 0.118. The number of ether oxygens (including phenoxy) is 2. The second-order valence-electron chi connectivity index (χ2n) is 6.53. The van der Waals surface area contributed by atoms with Gasteiger partial charge in [0.15, 0.2) is 0 Å². The number of carbonyl (C=O) groups is 1. The third kappa shape index (κ3) is 4.36. The molecule has 0 saturated carbocycles. The van der Waals surface area contributed by atoms with Crippen molar-refractivity contribution in [3.63, 3.8) is 0 Å². The second kappa shape index (κ2) is 7.92. The summed E-state index contributed by atoms with van der Waals surface area (Å²) in [6, 6.07) is 5.92. The molecular formula is C20H22N2O4S. The third-order valence-corrected chi connectivity index (χ3v) is 5.38. The number of aryl methyl sites for hydroxylation is 4. The Kier molecular flexibility index (Phi) is 5.60. The predicted octanol–water partition coefficient (Wildman–Crippen LogP) is 3.31. The third-order valence-electron chi connectivity index (χ3n) is 4.27. The van der Waals surface area contributed by atoms with Gasteiger partial charge in [-0.25, -0.2) is 4.98 Å². The summed E-state index contributed by atoms with van der Waals surface area (Å²) in [5, 5.41) is 0.575. The summed E-state index contributed by atoms with van der Waals surface area (Å²) < 4.78 is 12.1. The van der Waals surface area contributed by atoms with Gasteiger partial charge in [0.1, 0.15) is 30.3 Å². The van der Waals surface area contributed by atoms with Crippen LogP contribution in [-0.2, 0) is 16.1 Å². The molecule has 3 aromatic rings. The molecule has 0 saturated heterocycles. The fraction of sp³-hybridized carbons (Fsp3) is 0.350. The lowest BCUT2D eigenvalue weighted by molar-refractivity contribution is -0.145. The lowest BCUT2D eigenvalue weighted by atomic mass is 10.1. The van der Waals surface area contributed by atoms with Gasteiger partial charge in [0, 0.05) is 4.88 Å². The minimum atomic E-state index is -0.494. The number of benzene rings is 1. The Labute approximate surface area is 161 Å². The Morgan fingerprint density at radius 2 is 1.81 bits per heavy atom. The molecule has 0 radical (unpaired) electrons. The molecule has 0 amide bonds. The van der Waals surface area contributed by atoms with Crippen molar-refractivity contribution in [3.05, 3.63) is 56.4 Å². The maximum absolute atomic E-state index is 12.6. The van der Waals surface area contributed by atoms with Crippen LogP contribution in [0.2, 0.25) is 0 Å². The number of nitrogens with zero attached hydrogens (tertiary/aromatic N) is 2. The smallest absolute Gasteiger partial charge is 0.326 e. The zero-order valence-corrected chi connectivity index (χ0v) is 16.7. The highest BCUT2D eigenvalue weighted by Gasteiger charge is 2.14.